The zero-order valence-corrected chi connectivity index (χ0v) is 76.5. The summed E-state index contributed by atoms with van der Waals surface area (Å²) >= 11 is 0.837. The number of thioether (sulfide) groups is 1. The van der Waals surface area contributed by atoms with Gasteiger partial charge in [-0.05, 0) is 93.0 Å². The van der Waals surface area contributed by atoms with Gasteiger partial charge in [-0.1, -0.05) is 120 Å². The molecule has 0 aliphatic carbocycles. The number of likely N-dealkylation sites (N-methyl/N-ethyl adjacent to an activating group) is 4. The molecule has 0 unspecified atom stereocenters. The van der Waals surface area contributed by atoms with Gasteiger partial charge in [0.1, 0.15) is 42.0 Å². The van der Waals surface area contributed by atoms with E-state index in [1.54, 1.807) is 67.0 Å². The molecule has 8 rings (SSSR count). The van der Waals surface area contributed by atoms with Crippen molar-refractivity contribution in [1.29, 1.82) is 5.41 Å². The standard InChI is InChI=1S/C92H129N19O18S/c1-10-12-30-73-78(116)40-57(25-21-33-97-92(94)95)84(122)106-72(86(124)100-47-80(93)118)51-130-52-82(120)103-69(36-56-23-15-14-16-24-56)88(126)108(7)55(5)83(121)105-71(50-113)90(128)111-34-22-32-74(111)79(117)41-58(37-63-46-96-53-101-63)76(114)42-59(35-54(3)4)87(125)107(6)48-81(119)102-68(38-60-44-98-66-28-19-17-26-64(60)66)77(115)43-62(49-112)85(123)104-70(39-61-45-99-67-29-20-18-27-65(61)67)89(127)110(9)75(31-13-11-2)91(129)109(73)8/h14-20,23-24,26-29,44-46,53-55,57-59,62,68-75,98-99,112-113H,10-13,21-22,25,30-43,47-52H2,1-9H3,(H2,93,118)(H,96,101)(H,100,124)(H,102,119)(H,103,120)(H,104,123)(H,105,121)(H,106,122)(H4,94,95,97)/t55-,57+,58+,59+,62-,68-,69-,70-,71-,72-,73-,74-,75-/m0/s1. The molecular weight excluding hydrogens is 1690 g/mol. The molecule has 17 N–H and O–H groups in total. The lowest BCUT2D eigenvalue weighted by Crippen LogP contribution is -2.58. The second-order valence-electron chi connectivity index (χ2n) is 34.4. The minimum atomic E-state index is -1.66. The summed E-state index contributed by atoms with van der Waals surface area (Å²) < 4.78 is 0. The Kier molecular flexibility index (Phi) is 40.2. The van der Waals surface area contributed by atoms with Crippen molar-refractivity contribution in [2.24, 2.45) is 41.1 Å². The maximum atomic E-state index is 15.7. The molecule has 0 bridgehead atoms. The van der Waals surface area contributed by atoms with Crippen LogP contribution in [0.1, 0.15) is 153 Å². The number of aromatic amines is 3. The highest BCUT2D eigenvalue weighted by Gasteiger charge is 2.44. The summed E-state index contributed by atoms with van der Waals surface area (Å²) in [6.07, 6.45) is 6.22. The molecule has 13 atom stereocenters. The van der Waals surface area contributed by atoms with E-state index in [0.717, 1.165) is 21.6 Å². The average Bonchev–Trinajstić information content (AvgIpc) is 1.42. The van der Waals surface area contributed by atoms with Crippen LogP contribution in [0.4, 0.5) is 0 Å². The number of primary amides is 1. The number of carbonyl (C=O) groups excluding carboxylic acids is 16. The van der Waals surface area contributed by atoms with Crippen LogP contribution >= 0.6 is 11.8 Å². The van der Waals surface area contributed by atoms with Gasteiger partial charge in [0.05, 0.1) is 62.4 Å². The van der Waals surface area contributed by atoms with Gasteiger partial charge >= 0.3 is 0 Å². The third kappa shape index (κ3) is 29.7. The van der Waals surface area contributed by atoms with Crippen LogP contribution in [0.3, 0.4) is 0 Å². The number of carbonyl (C=O) groups is 16. The van der Waals surface area contributed by atoms with Crippen LogP contribution in [0.2, 0.25) is 0 Å². The summed E-state index contributed by atoms with van der Waals surface area (Å²) in [6, 6.07) is 10.4. The van der Waals surface area contributed by atoms with Crippen LogP contribution in [0.15, 0.2) is 104 Å². The van der Waals surface area contributed by atoms with Gasteiger partial charge in [0.2, 0.25) is 70.9 Å². The van der Waals surface area contributed by atoms with Gasteiger partial charge in [-0.25, -0.2) is 4.98 Å². The summed E-state index contributed by atoms with van der Waals surface area (Å²) in [6.45, 7) is 5.64. The molecule has 37 nitrogen and oxygen atoms in total. The lowest BCUT2D eigenvalue weighted by atomic mass is 9.83. The van der Waals surface area contributed by atoms with E-state index in [-0.39, 0.29) is 94.9 Å². The van der Waals surface area contributed by atoms with E-state index in [1.807, 2.05) is 52.0 Å². The number of unbranched alkanes of at least 4 members (excludes halogenated alkanes) is 2. The number of fused-ring (bicyclic) bond motifs is 3. The highest BCUT2D eigenvalue weighted by Crippen LogP contribution is 2.30. The van der Waals surface area contributed by atoms with Crippen LogP contribution in [-0.4, -0.2) is 288 Å². The number of H-pyrrole nitrogens is 3. The number of nitrogens with one attached hydrogen (secondary N) is 11. The van der Waals surface area contributed by atoms with Gasteiger partial charge in [-0.2, -0.15) is 0 Å². The van der Waals surface area contributed by atoms with Crippen molar-refractivity contribution in [2.75, 3.05) is 79.1 Å². The molecular formula is C92H129N19O18S. The summed E-state index contributed by atoms with van der Waals surface area (Å²) in [5, 5.41) is 50.0. The number of ketones is 4. The molecule has 38 heteroatoms. The third-order valence-corrected chi connectivity index (χ3v) is 25.2. The van der Waals surface area contributed by atoms with E-state index in [0.29, 0.717) is 76.3 Å². The Balaban J connectivity index is 1.17. The Morgan fingerprint density at radius 2 is 1.13 bits per heavy atom. The number of aliphatic hydroxyl groups is 2. The second-order valence-corrected chi connectivity index (χ2v) is 35.4. The molecule has 0 spiro atoms. The number of hydrogen-bond acceptors (Lipinski definition) is 21. The zero-order valence-electron chi connectivity index (χ0n) is 75.7. The Morgan fingerprint density at radius 1 is 0.562 bits per heavy atom. The van der Waals surface area contributed by atoms with Crippen molar-refractivity contribution in [3.05, 3.63) is 126 Å². The minimum absolute atomic E-state index is 0.0111. The number of benzene rings is 3. The van der Waals surface area contributed by atoms with Crippen molar-refractivity contribution in [3.8, 4) is 0 Å². The Hall–Kier alpha value is -12.2. The summed E-state index contributed by atoms with van der Waals surface area (Å²) in [5.74, 6) is -18.6. The Bertz CT molecular complexity index is 4930. The van der Waals surface area contributed by atoms with Crippen LogP contribution in [-0.2, 0) is 102 Å². The fourth-order valence-electron chi connectivity index (χ4n) is 16.7. The first-order valence-corrected chi connectivity index (χ1v) is 45.7. The average molecular weight is 1820 g/mol. The third-order valence-electron chi connectivity index (χ3n) is 24.1. The fourth-order valence-corrected chi connectivity index (χ4v) is 17.6. The molecule has 130 heavy (non-hydrogen) atoms. The lowest BCUT2D eigenvalue weighted by molar-refractivity contribution is -0.149. The Labute approximate surface area is 761 Å². The van der Waals surface area contributed by atoms with Gasteiger partial charge < -0.3 is 98.3 Å². The second kappa shape index (κ2) is 50.7. The maximum absolute atomic E-state index is 15.7. The topological polar surface area (TPSA) is 550 Å². The maximum Gasteiger partial charge on any atom is 0.248 e. The van der Waals surface area contributed by atoms with Crippen molar-refractivity contribution >= 4 is 134 Å². The van der Waals surface area contributed by atoms with Gasteiger partial charge in [-0.15, -0.1) is 11.8 Å². The van der Waals surface area contributed by atoms with Crippen LogP contribution < -0.4 is 48.7 Å². The van der Waals surface area contributed by atoms with E-state index in [2.05, 4.69) is 57.2 Å². The molecule has 2 aliphatic heterocycles. The molecule has 2 aliphatic rings. The van der Waals surface area contributed by atoms with Crippen LogP contribution in [0, 0.1) is 35.0 Å². The minimum Gasteiger partial charge on any atom is -0.396 e. The normalized spacial score (nSPS) is 24.0. The summed E-state index contributed by atoms with van der Waals surface area (Å²) in [4.78, 5) is 255. The zero-order chi connectivity index (χ0) is 95.0. The predicted molar refractivity (Wildman–Crippen MR) is 488 cm³/mol. The first kappa shape index (κ1) is 103. The van der Waals surface area contributed by atoms with Gasteiger partial charge in [-0.3, -0.25) is 82.1 Å². The van der Waals surface area contributed by atoms with E-state index in [1.165, 1.54) is 62.3 Å². The highest BCUT2D eigenvalue weighted by atomic mass is 32.2. The molecule has 12 amide bonds. The number of guanidine groups is 1. The van der Waals surface area contributed by atoms with E-state index < -0.39 is 230 Å². The predicted octanol–water partition coefficient (Wildman–Crippen LogP) is 2.34. The molecule has 2 saturated heterocycles. The Morgan fingerprint density at radius 3 is 1.74 bits per heavy atom. The SMILES string of the molecule is CCCC[C@H]1C(=O)N(C)[C@@H](CCCC)C(=O)C[C@@H](CCCNC(=N)N)C(=O)N[C@H](C(=O)NCC(N)=O)CSCC(=O)N[C@@H](Cc2ccccc2)C(=O)N(C)[C@@H](C)C(=O)N[C@@H](CO)C(=O)N2CCC[C@H]2C(=O)C[C@@H](Cc2cnc[nH]2)C(=O)C[C@@H](CC(C)C)C(=O)N(C)CC(=O)N[C@@H](Cc2c[nH]c3ccccc23)C(=O)C[C@@H](CO)C(=O)N[C@@H](Cc2c[nH]c3ccccc23)C(=O)N1C. The monoisotopic (exact) mass is 1820 g/mol. The largest absolute Gasteiger partial charge is 0.396 e. The van der Waals surface area contributed by atoms with Crippen molar-refractivity contribution in [1.82, 2.24) is 81.7 Å². The number of rotatable bonds is 25. The number of nitrogens with zero attached hydrogens (tertiary/aromatic N) is 6. The molecule has 5 heterocycles. The van der Waals surface area contributed by atoms with Gasteiger partial charge in [0.15, 0.2) is 23.3 Å². The molecule has 3 aromatic carbocycles. The smallest absolute Gasteiger partial charge is 0.248 e. The first-order chi connectivity index (χ1) is 62.1. The molecule has 0 saturated carbocycles. The van der Waals surface area contributed by atoms with Crippen LogP contribution in [0.25, 0.3) is 21.8 Å². The number of amides is 12. The fraction of sp³-hybridized carbons (Fsp3) is 0.543. The number of Topliss-reactive ketones (excluding diaryl/α,β-unsaturated/α-hetero) is 4. The molecule has 3 aromatic heterocycles. The number of para-hydroxylation sites is 2. The van der Waals surface area contributed by atoms with Crippen molar-refractivity contribution in [2.45, 2.75) is 211 Å². The van der Waals surface area contributed by atoms with Crippen molar-refractivity contribution < 1.29 is 86.9 Å². The number of hydrogen-bond donors (Lipinski definition) is 15. The van der Waals surface area contributed by atoms with E-state index in [9.17, 15) is 58.2 Å². The van der Waals surface area contributed by atoms with E-state index >= 15 is 28.8 Å². The molecule has 6 aromatic rings. The molecule has 0 radical (unpaired) electrons. The van der Waals surface area contributed by atoms with Crippen LogP contribution in [0.5, 0.6) is 0 Å². The lowest BCUT2D eigenvalue weighted by Gasteiger charge is -2.36. The van der Waals surface area contributed by atoms with E-state index in [4.69, 9.17) is 16.9 Å². The number of imidazole rings is 1. The molecule has 706 valence electrons. The number of nitrogens with two attached hydrogens (primary N) is 2. The van der Waals surface area contributed by atoms with Crippen molar-refractivity contribution in [3.63, 3.8) is 0 Å². The molecule has 2 fully saturated rings. The summed E-state index contributed by atoms with van der Waals surface area (Å²) in [7, 11) is 5.47. The quantitative estimate of drug-likeness (QED) is 0.0222. The number of aromatic nitrogens is 4. The first-order valence-electron chi connectivity index (χ1n) is 44.6. The van der Waals surface area contributed by atoms with Gasteiger partial charge in [0.25, 0.3) is 0 Å². The highest BCUT2D eigenvalue weighted by molar-refractivity contribution is 8.00. The summed E-state index contributed by atoms with van der Waals surface area (Å²) in [5.41, 5.74) is 14.7. The number of aliphatic hydroxyl groups excluding tert-OH is 2. The van der Waals surface area contributed by atoms with Gasteiger partial charge in [0, 0.05) is 156 Å².